The van der Waals surface area contributed by atoms with E-state index in [0.29, 0.717) is 27.1 Å². The smallest absolute Gasteiger partial charge is 0.338 e. The van der Waals surface area contributed by atoms with Crippen molar-refractivity contribution in [2.24, 2.45) is 4.99 Å². The van der Waals surface area contributed by atoms with Gasteiger partial charge in [0.15, 0.2) is 5.84 Å². The Bertz CT molecular complexity index is 1070. The number of allylic oxidation sites excluding steroid dienone is 1. The molecule has 1 aromatic heterocycles. The third-order valence-electron chi connectivity index (χ3n) is 4.34. The molecular weight excluding hydrogens is 473 g/mol. The molecule has 31 heavy (non-hydrogen) atoms. The van der Waals surface area contributed by atoms with Crippen LogP contribution in [0.5, 0.6) is 0 Å². The van der Waals surface area contributed by atoms with E-state index in [1.54, 1.807) is 26.8 Å². The summed E-state index contributed by atoms with van der Waals surface area (Å²) < 4.78 is 25.5. The quantitative estimate of drug-likeness (QED) is 0.590. The molecule has 0 aliphatic carbocycles. The van der Waals surface area contributed by atoms with Crippen LogP contribution in [0.4, 0.5) is 4.39 Å². The van der Waals surface area contributed by atoms with Gasteiger partial charge in [-0.2, -0.15) is 0 Å². The highest BCUT2D eigenvalue weighted by Gasteiger charge is 2.32. The fraction of sp³-hybridized carbons (Fsp3) is 0.350. The van der Waals surface area contributed by atoms with E-state index in [1.165, 1.54) is 23.1 Å². The first kappa shape index (κ1) is 22.6. The largest absolute Gasteiger partial charge is 0.465 e. The lowest BCUT2D eigenvalue weighted by atomic mass is 9.96. The van der Waals surface area contributed by atoms with E-state index < -0.39 is 23.8 Å². The van der Waals surface area contributed by atoms with Gasteiger partial charge in [0.2, 0.25) is 5.82 Å². The van der Waals surface area contributed by atoms with Gasteiger partial charge in [0.1, 0.15) is 24.7 Å². The number of ether oxygens (including phenoxy) is 2. The SMILES string of the molecule is CCOC(=O)Cn1cnc(C2=NC(c3ccc(F)cc3Br)C(C(=O)OCC)=C(C)N2)n1. The second-order valence-corrected chi connectivity index (χ2v) is 7.36. The lowest BCUT2D eigenvalue weighted by Gasteiger charge is -2.25. The van der Waals surface area contributed by atoms with Crippen molar-refractivity contribution >= 4 is 33.7 Å². The maximum Gasteiger partial charge on any atom is 0.338 e. The Balaban J connectivity index is 1.99. The Kier molecular flexibility index (Phi) is 7.16. The lowest BCUT2D eigenvalue weighted by Crippen LogP contribution is -2.33. The molecule has 0 amide bonds. The van der Waals surface area contributed by atoms with Gasteiger partial charge in [0.25, 0.3) is 0 Å². The molecule has 0 radical (unpaired) electrons. The standard InChI is InChI=1S/C20H21BrFN5O4/c1-4-30-15(28)9-27-10-23-18(26-27)19-24-11(3)16(20(29)31-5-2)17(25-19)13-7-6-12(22)8-14(13)21/h6-8,10,17H,4-5,9H2,1-3H3,(H,24,25). The summed E-state index contributed by atoms with van der Waals surface area (Å²) >= 11 is 3.35. The van der Waals surface area contributed by atoms with Crippen molar-refractivity contribution in [1.29, 1.82) is 0 Å². The molecule has 164 valence electrons. The number of esters is 2. The molecule has 1 aliphatic rings. The van der Waals surface area contributed by atoms with Crippen molar-refractivity contribution in [3.63, 3.8) is 0 Å². The van der Waals surface area contributed by atoms with Crippen molar-refractivity contribution in [1.82, 2.24) is 20.1 Å². The molecule has 0 saturated heterocycles. The minimum atomic E-state index is -0.776. The number of nitrogens with one attached hydrogen (secondary N) is 1. The number of halogens is 2. The van der Waals surface area contributed by atoms with Gasteiger partial charge in [-0.25, -0.2) is 18.9 Å². The normalized spacial score (nSPS) is 15.9. The minimum Gasteiger partial charge on any atom is -0.465 e. The molecule has 1 aliphatic heterocycles. The molecule has 0 saturated carbocycles. The predicted molar refractivity (Wildman–Crippen MR) is 113 cm³/mol. The number of hydrogen-bond acceptors (Lipinski definition) is 8. The number of hydrogen-bond donors (Lipinski definition) is 1. The predicted octanol–water partition coefficient (Wildman–Crippen LogP) is 2.67. The Hall–Kier alpha value is -3.08. The molecule has 0 bridgehead atoms. The van der Waals surface area contributed by atoms with Crippen LogP contribution in [-0.4, -0.2) is 45.8 Å². The second-order valence-electron chi connectivity index (χ2n) is 6.50. The first-order valence-corrected chi connectivity index (χ1v) is 10.4. The third-order valence-corrected chi connectivity index (χ3v) is 5.03. The van der Waals surface area contributed by atoms with Crippen molar-refractivity contribution in [2.45, 2.75) is 33.4 Å². The number of aliphatic imine (C=N–C) groups is 1. The van der Waals surface area contributed by atoms with Gasteiger partial charge in [0, 0.05) is 10.2 Å². The van der Waals surface area contributed by atoms with Crippen LogP contribution >= 0.6 is 15.9 Å². The van der Waals surface area contributed by atoms with E-state index in [1.807, 2.05) is 0 Å². The highest BCUT2D eigenvalue weighted by Crippen LogP contribution is 2.36. The monoisotopic (exact) mass is 493 g/mol. The Morgan fingerprint density at radius 2 is 2.00 bits per heavy atom. The minimum absolute atomic E-state index is 0.0933. The van der Waals surface area contributed by atoms with Crippen LogP contribution in [0.15, 0.2) is 45.3 Å². The molecule has 0 fully saturated rings. The summed E-state index contributed by atoms with van der Waals surface area (Å²) in [6, 6.07) is 3.37. The van der Waals surface area contributed by atoms with Gasteiger partial charge in [0.05, 0.1) is 18.8 Å². The van der Waals surface area contributed by atoms with Gasteiger partial charge in [-0.1, -0.05) is 22.0 Å². The highest BCUT2D eigenvalue weighted by molar-refractivity contribution is 9.10. The van der Waals surface area contributed by atoms with Gasteiger partial charge in [-0.05, 0) is 38.5 Å². The molecule has 1 aromatic carbocycles. The first-order chi connectivity index (χ1) is 14.8. The Morgan fingerprint density at radius 1 is 1.26 bits per heavy atom. The van der Waals surface area contributed by atoms with E-state index in [2.05, 4.69) is 36.3 Å². The summed E-state index contributed by atoms with van der Waals surface area (Å²) in [6.07, 6.45) is 1.39. The number of carbonyl (C=O) groups is 2. The number of amidine groups is 1. The number of nitrogens with zero attached hydrogens (tertiary/aromatic N) is 4. The van der Waals surface area contributed by atoms with Crippen molar-refractivity contribution in [2.75, 3.05) is 13.2 Å². The van der Waals surface area contributed by atoms with Crippen LogP contribution in [0.1, 0.15) is 38.2 Å². The van der Waals surface area contributed by atoms with Crippen LogP contribution in [-0.2, 0) is 25.6 Å². The van der Waals surface area contributed by atoms with Crippen LogP contribution in [0.2, 0.25) is 0 Å². The molecule has 11 heteroatoms. The summed E-state index contributed by atoms with van der Waals surface area (Å²) in [5.41, 5.74) is 1.38. The summed E-state index contributed by atoms with van der Waals surface area (Å²) in [4.78, 5) is 33.1. The number of carbonyl (C=O) groups excluding carboxylic acids is 2. The van der Waals surface area contributed by atoms with E-state index in [9.17, 15) is 14.0 Å². The van der Waals surface area contributed by atoms with Gasteiger partial charge >= 0.3 is 11.9 Å². The average Bonchev–Trinajstić information content (AvgIpc) is 3.16. The van der Waals surface area contributed by atoms with Gasteiger partial charge < -0.3 is 14.8 Å². The molecule has 1 atom stereocenters. The Labute approximate surface area is 186 Å². The fourth-order valence-corrected chi connectivity index (χ4v) is 3.60. The summed E-state index contributed by atoms with van der Waals surface area (Å²) in [5.74, 6) is -0.862. The first-order valence-electron chi connectivity index (χ1n) is 9.57. The van der Waals surface area contributed by atoms with Crippen molar-refractivity contribution in [3.05, 3.63) is 57.5 Å². The number of benzene rings is 1. The molecule has 2 aromatic rings. The maximum absolute atomic E-state index is 13.6. The van der Waals surface area contributed by atoms with Crippen LogP contribution in [0, 0.1) is 5.82 Å². The number of aromatic nitrogens is 3. The molecular formula is C20H21BrFN5O4. The van der Waals surface area contributed by atoms with Gasteiger partial charge in [-0.3, -0.25) is 9.79 Å². The van der Waals surface area contributed by atoms with Crippen LogP contribution < -0.4 is 5.32 Å². The summed E-state index contributed by atoms with van der Waals surface area (Å²) in [6.45, 7) is 5.51. The zero-order chi connectivity index (χ0) is 22.5. The highest BCUT2D eigenvalue weighted by atomic mass is 79.9. The molecule has 1 N–H and O–H groups in total. The van der Waals surface area contributed by atoms with E-state index in [-0.39, 0.29) is 25.6 Å². The topological polar surface area (TPSA) is 108 Å². The van der Waals surface area contributed by atoms with Crippen LogP contribution in [0.25, 0.3) is 0 Å². The third kappa shape index (κ3) is 5.16. The van der Waals surface area contributed by atoms with Crippen molar-refractivity contribution < 1.29 is 23.5 Å². The molecule has 1 unspecified atom stereocenters. The Morgan fingerprint density at radius 3 is 2.68 bits per heavy atom. The van der Waals surface area contributed by atoms with Crippen LogP contribution in [0.3, 0.4) is 0 Å². The zero-order valence-corrected chi connectivity index (χ0v) is 18.8. The van der Waals surface area contributed by atoms with E-state index in [4.69, 9.17) is 9.47 Å². The molecule has 3 rings (SSSR count). The summed E-state index contributed by atoms with van der Waals surface area (Å²) in [5, 5.41) is 7.29. The lowest BCUT2D eigenvalue weighted by molar-refractivity contribution is -0.144. The molecule has 9 nitrogen and oxygen atoms in total. The fourth-order valence-electron chi connectivity index (χ4n) is 3.03. The maximum atomic E-state index is 13.6. The van der Waals surface area contributed by atoms with Gasteiger partial charge in [-0.15, -0.1) is 5.10 Å². The second kappa shape index (κ2) is 9.82. The number of rotatable bonds is 7. The molecule has 0 spiro atoms. The zero-order valence-electron chi connectivity index (χ0n) is 17.2. The molecule has 2 heterocycles. The van der Waals surface area contributed by atoms with E-state index >= 15 is 0 Å². The van der Waals surface area contributed by atoms with E-state index in [0.717, 1.165) is 0 Å². The average molecular weight is 494 g/mol. The summed E-state index contributed by atoms with van der Waals surface area (Å²) in [7, 11) is 0. The van der Waals surface area contributed by atoms with Crippen molar-refractivity contribution in [3.8, 4) is 0 Å².